The average molecular weight is 162 g/mol. The third-order valence-electron chi connectivity index (χ3n) is 1.53. The smallest absolute Gasteiger partial charge is 0.105 e. The topological polar surface area (TPSA) is 0 Å². The molecular weight excluding hydrogens is 139 g/mol. The van der Waals surface area contributed by atoms with E-state index in [1.54, 1.807) is 13.8 Å². The van der Waals surface area contributed by atoms with Gasteiger partial charge in [0.1, 0.15) is 5.67 Å². The summed E-state index contributed by atoms with van der Waals surface area (Å²) in [6.07, 6.45) is 1.76. The van der Waals surface area contributed by atoms with Crippen molar-refractivity contribution in [2.75, 3.05) is 0 Å². The van der Waals surface area contributed by atoms with Crippen LogP contribution < -0.4 is 0 Å². The van der Waals surface area contributed by atoms with Gasteiger partial charge in [-0.1, -0.05) is 34.1 Å². The lowest BCUT2D eigenvalue weighted by atomic mass is 9.95. The lowest BCUT2D eigenvalue weighted by Gasteiger charge is -2.17. The number of rotatable bonds is 3. The van der Waals surface area contributed by atoms with E-state index in [4.69, 9.17) is 0 Å². The molecule has 0 radical (unpaired) electrons. The molecule has 0 fully saturated rings. The molecule has 0 aliphatic rings. The van der Waals surface area contributed by atoms with Crippen LogP contribution in [0, 0.1) is 5.92 Å². The maximum atomic E-state index is 12.8. The Morgan fingerprint density at radius 2 is 1.64 bits per heavy atom. The van der Waals surface area contributed by atoms with Crippen LogP contribution in [-0.4, -0.2) is 5.67 Å². The van der Waals surface area contributed by atoms with Crippen molar-refractivity contribution in [2.45, 2.75) is 60.1 Å². The van der Waals surface area contributed by atoms with E-state index in [1.807, 2.05) is 13.8 Å². The second-order valence-electron chi connectivity index (χ2n) is 3.44. The van der Waals surface area contributed by atoms with Crippen molar-refractivity contribution in [2.24, 2.45) is 5.92 Å². The molecule has 0 rings (SSSR count). The van der Waals surface area contributed by atoms with E-state index in [0.717, 1.165) is 6.42 Å². The zero-order chi connectivity index (χ0) is 9.49. The van der Waals surface area contributed by atoms with Crippen molar-refractivity contribution < 1.29 is 4.39 Å². The van der Waals surface area contributed by atoms with Crippen LogP contribution in [0.3, 0.4) is 0 Å². The first-order valence-electron chi connectivity index (χ1n) is 4.64. The molecule has 0 N–H and O–H groups in total. The summed E-state index contributed by atoms with van der Waals surface area (Å²) in [6, 6.07) is 0. The Bertz CT molecular complexity index is 71.4. The average Bonchev–Trinajstić information content (AvgIpc) is 1.89. The van der Waals surface area contributed by atoms with Crippen LogP contribution >= 0.6 is 0 Å². The van der Waals surface area contributed by atoms with Gasteiger partial charge in [0.25, 0.3) is 0 Å². The molecule has 0 heterocycles. The van der Waals surface area contributed by atoms with E-state index in [-0.39, 0.29) is 0 Å². The van der Waals surface area contributed by atoms with E-state index in [2.05, 4.69) is 13.8 Å². The fourth-order valence-corrected chi connectivity index (χ4v) is 0.973. The standard InChI is InChI=1S/C8H17F.C2H6/c1-5-7(2)6-8(3,4)9;1-2/h7H,5-6H2,1-4H3;1-2H3. The van der Waals surface area contributed by atoms with Crippen molar-refractivity contribution in [3.63, 3.8) is 0 Å². The summed E-state index contributed by atoms with van der Waals surface area (Å²) in [5, 5.41) is 0. The van der Waals surface area contributed by atoms with Crippen LogP contribution in [0.1, 0.15) is 54.4 Å². The van der Waals surface area contributed by atoms with E-state index in [9.17, 15) is 4.39 Å². The summed E-state index contributed by atoms with van der Waals surface area (Å²) in [5.41, 5.74) is -0.977. The normalized spacial score (nSPS) is 13.4. The van der Waals surface area contributed by atoms with Crippen molar-refractivity contribution in [3.8, 4) is 0 Å². The Morgan fingerprint density at radius 3 is 1.73 bits per heavy atom. The Hall–Kier alpha value is -0.0700. The summed E-state index contributed by atoms with van der Waals surface area (Å²) in [4.78, 5) is 0. The molecule has 1 atom stereocenters. The Kier molecular flexibility index (Phi) is 8.14. The van der Waals surface area contributed by atoms with Crippen LogP contribution in [0.5, 0.6) is 0 Å². The maximum Gasteiger partial charge on any atom is 0.105 e. The molecule has 1 unspecified atom stereocenters. The lowest BCUT2D eigenvalue weighted by molar-refractivity contribution is 0.172. The van der Waals surface area contributed by atoms with Crippen LogP contribution in [0.15, 0.2) is 0 Å². The number of alkyl halides is 1. The minimum Gasteiger partial charge on any atom is -0.244 e. The first kappa shape index (κ1) is 13.5. The molecule has 70 valence electrons. The van der Waals surface area contributed by atoms with E-state index < -0.39 is 5.67 Å². The molecule has 0 aliphatic heterocycles. The van der Waals surface area contributed by atoms with E-state index in [1.165, 1.54) is 0 Å². The predicted molar refractivity (Wildman–Crippen MR) is 50.6 cm³/mol. The molecule has 0 amide bonds. The fourth-order valence-electron chi connectivity index (χ4n) is 0.973. The van der Waals surface area contributed by atoms with Gasteiger partial charge in [-0.25, -0.2) is 4.39 Å². The van der Waals surface area contributed by atoms with Gasteiger partial charge in [0.15, 0.2) is 0 Å². The van der Waals surface area contributed by atoms with Crippen molar-refractivity contribution >= 4 is 0 Å². The van der Waals surface area contributed by atoms with Crippen molar-refractivity contribution in [1.29, 1.82) is 0 Å². The molecule has 0 aliphatic carbocycles. The van der Waals surface area contributed by atoms with Gasteiger partial charge in [-0.15, -0.1) is 0 Å². The summed E-state index contributed by atoms with van der Waals surface area (Å²) < 4.78 is 12.8. The molecule has 0 saturated carbocycles. The first-order valence-corrected chi connectivity index (χ1v) is 4.64. The summed E-state index contributed by atoms with van der Waals surface area (Å²) in [7, 11) is 0. The number of halogens is 1. The molecule has 0 aromatic heterocycles. The molecule has 0 nitrogen and oxygen atoms in total. The maximum absolute atomic E-state index is 12.8. The monoisotopic (exact) mass is 162 g/mol. The highest BCUT2D eigenvalue weighted by Crippen LogP contribution is 2.21. The summed E-state index contributed by atoms with van der Waals surface area (Å²) in [5.74, 6) is 0.519. The van der Waals surface area contributed by atoms with E-state index >= 15 is 0 Å². The van der Waals surface area contributed by atoms with Crippen LogP contribution in [0.25, 0.3) is 0 Å². The number of hydrogen-bond donors (Lipinski definition) is 0. The van der Waals surface area contributed by atoms with Crippen LogP contribution in [0.4, 0.5) is 4.39 Å². The zero-order valence-corrected chi connectivity index (χ0v) is 8.87. The van der Waals surface area contributed by atoms with Crippen molar-refractivity contribution in [3.05, 3.63) is 0 Å². The second kappa shape index (κ2) is 6.63. The third kappa shape index (κ3) is 13.0. The van der Waals surface area contributed by atoms with Gasteiger partial charge in [-0.2, -0.15) is 0 Å². The Balaban J connectivity index is 0. The minimum atomic E-state index is -0.977. The second-order valence-corrected chi connectivity index (χ2v) is 3.44. The van der Waals surface area contributed by atoms with Gasteiger partial charge in [-0.05, 0) is 26.2 Å². The minimum absolute atomic E-state index is 0.519. The van der Waals surface area contributed by atoms with Gasteiger partial charge in [0.05, 0.1) is 0 Å². The highest BCUT2D eigenvalue weighted by Gasteiger charge is 2.17. The van der Waals surface area contributed by atoms with Crippen LogP contribution in [-0.2, 0) is 0 Å². The quantitative estimate of drug-likeness (QED) is 0.583. The molecule has 1 heteroatoms. The molecule has 0 bridgehead atoms. The van der Waals surface area contributed by atoms with Crippen molar-refractivity contribution in [1.82, 2.24) is 0 Å². The molecule has 0 aromatic carbocycles. The van der Waals surface area contributed by atoms with Gasteiger partial charge < -0.3 is 0 Å². The van der Waals surface area contributed by atoms with Gasteiger partial charge >= 0.3 is 0 Å². The highest BCUT2D eigenvalue weighted by molar-refractivity contribution is 4.68. The largest absolute Gasteiger partial charge is 0.244 e. The number of hydrogen-bond acceptors (Lipinski definition) is 0. The lowest BCUT2D eigenvalue weighted by Crippen LogP contribution is -2.15. The zero-order valence-electron chi connectivity index (χ0n) is 8.87. The molecule has 0 aromatic rings. The predicted octanol–water partition coefficient (Wildman–Crippen LogP) is 4.20. The first-order chi connectivity index (χ1) is 4.95. The Morgan fingerprint density at radius 1 is 1.27 bits per heavy atom. The summed E-state index contributed by atoms with van der Waals surface area (Å²) in [6.45, 7) is 11.5. The Labute approximate surface area is 71.2 Å². The fraction of sp³-hybridized carbons (Fsp3) is 1.00. The van der Waals surface area contributed by atoms with Gasteiger partial charge in [0, 0.05) is 0 Å². The molecule has 0 spiro atoms. The highest BCUT2D eigenvalue weighted by atomic mass is 19.1. The summed E-state index contributed by atoms with van der Waals surface area (Å²) >= 11 is 0. The van der Waals surface area contributed by atoms with Gasteiger partial charge in [0.2, 0.25) is 0 Å². The molecular formula is C10H23F. The van der Waals surface area contributed by atoms with Gasteiger partial charge in [-0.3, -0.25) is 0 Å². The van der Waals surface area contributed by atoms with E-state index in [0.29, 0.717) is 12.3 Å². The third-order valence-corrected chi connectivity index (χ3v) is 1.53. The molecule has 0 saturated heterocycles. The van der Waals surface area contributed by atoms with Crippen LogP contribution in [0.2, 0.25) is 0 Å². The molecule has 11 heavy (non-hydrogen) atoms. The SMILES string of the molecule is CC.CCC(C)CC(C)(C)F.